The molecule has 1 amide bonds. The minimum absolute atomic E-state index is 0.136. The predicted octanol–water partition coefficient (Wildman–Crippen LogP) is 4.44. The van der Waals surface area contributed by atoms with Crippen LogP contribution in [0.2, 0.25) is 0 Å². The summed E-state index contributed by atoms with van der Waals surface area (Å²) < 4.78 is 0.879. The van der Waals surface area contributed by atoms with E-state index in [0.29, 0.717) is 11.4 Å². The molecule has 2 aromatic rings. The smallest absolute Gasteiger partial charge is 0.255 e. The molecule has 0 saturated carbocycles. The van der Waals surface area contributed by atoms with Crippen LogP contribution in [0.15, 0.2) is 53.0 Å². The van der Waals surface area contributed by atoms with Gasteiger partial charge in [0.15, 0.2) is 0 Å². The molecule has 0 radical (unpaired) electrons. The molecule has 0 atom stereocenters. The molecule has 0 fully saturated rings. The van der Waals surface area contributed by atoms with E-state index in [0.717, 1.165) is 15.7 Å². The first-order valence-electron chi connectivity index (χ1n) is 5.41. The third-order valence-corrected chi connectivity index (χ3v) is 3.23. The second-order valence-corrected chi connectivity index (χ2v) is 4.98. The van der Waals surface area contributed by atoms with Crippen LogP contribution >= 0.6 is 27.5 Å². The van der Waals surface area contributed by atoms with Gasteiger partial charge in [0.05, 0.1) is 0 Å². The number of carbonyl (C=O) groups excluding carboxylic acids is 1. The molecule has 0 spiro atoms. The van der Waals surface area contributed by atoms with Gasteiger partial charge in [0.1, 0.15) is 0 Å². The fourth-order valence-electron chi connectivity index (χ4n) is 1.57. The quantitative estimate of drug-likeness (QED) is 0.831. The highest BCUT2D eigenvalue weighted by Gasteiger charge is 2.06. The highest BCUT2D eigenvalue weighted by atomic mass is 79.9. The molecule has 0 aliphatic carbocycles. The zero-order valence-corrected chi connectivity index (χ0v) is 11.8. The summed E-state index contributed by atoms with van der Waals surface area (Å²) in [5.41, 5.74) is 2.34. The van der Waals surface area contributed by atoms with Crippen LogP contribution in [-0.2, 0) is 5.88 Å². The Morgan fingerprint density at radius 2 is 1.94 bits per heavy atom. The summed E-state index contributed by atoms with van der Waals surface area (Å²) in [6.45, 7) is 0. The van der Waals surface area contributed by atoms with Crippen molar-refractivity contribution in [2.24, 2.45) is 0 Å². The van der Waals surface area contributed by atoms with Gasteiger partial charge in [0.25, 0.3) is 5.91 Å². The zero-order valence-electron chi connectivity index (χ0n) is 9.49. The van der Waals surface area contributed by atoms with Crippen molar-refractivity contribution in [2.45, 2.75) is 5.88 Å². The van der Waals surface area contributed by atoms with Gasteiger partial charge < -0.3 is 5.32 Å². The highest BCUT2D eigenvalue weighted by Crippen LogP contribution is 2.16. The first-order valence-corrected chi connectivity index (χ1v) is 6.73. The Balaban J connectivity index is 2.16. The first-order chi connectivity index (χ1) is 8.69. The summed E-state index contributed by atoms with van der Waals surface area (Å²) in [5.74, 6) is 0.295. The molecule has 2 rings (SSSR count). The summed E-state index contributed by atoms with van der Waals surface area (Å²) in [6.07, 6.45) is 0. The van der Waals surface area contributed by atoms with Gasteiger partial charge in [-0.1, -0.05) is 34.1 Å². The lowest BCUT2D eigenvalue weighted by Crippen LogP contribution is -2.11. The van der Waals surface area contributed by atoms with Crippen molar-refractivity contribution in [1.82, 2.24) is 0 Å². The second kappa shape index (κ2) is 6.03. The Kier molecular flexibility index (Phi) is 4.39. The second-order valence-electron chi connectivity index (χ2n) is 3.80. The maximum atomic E-state index is 12.0. The van der Waals surface area contributed by atoms with Crippen LogP contribution in [0, 0.1) is 0 Å². The number of alkyl halides is 1. The molecular formula is C14H11BrClNO. The normalized spacial score (nSPS) is 10.1. The van der Waals surface area contributed by atoms with Gasteiger partial charge in [-0.25, -0.2) is 0 Å². The number of anilines is 1. The third-order valence-electron chi connectivity index (χ3n) is 2.43. The van der Waals surface area contributed by atoms with E-state index in [-0.39, 0.29) is 5.91 Å². The Bertz CT molecular complexity index is 571. The van der Waals surface area contributed by atoms with Crippen molar-refractivity contribution >= 4 is 39.1 Å². The van der Waals surface area contributed by atoms with E-state index in [4.69, 9.17) is 11.6 Å². The Morgan fingerprint density at radius 1 is 1.17 bits per heavy atom. The van der Waals surface area contributed by atoms with Crippen LogP contribution in [0.3, 0.4) is 0 Å². The molecular weight excluding hydrogens is 314 g/mol. The molecule has 0 heterocycles. The molecule has 0 aliphatic rings. The topological polar surface area (TPSA) is 29.1 Å². The van der Waals surface area contributed by atoms with Crippen molar-refractivity contribution in [3.05, 3.63) is 64.1 Å². The van der Waals surface area contributed by atoms with Crippen molar-refractivity contribution in [3.63, 3.8) is 0 Å². The fourth-order valence-corrected chi connectivity index (χ4v) is 2.13. The summed E-state index contributed by atoms with van der Waals surface area (Å²) in [6, 6.07) is 14.7. The summed E-state index contributed by atoms with van der Waals surface area (Å²) in [5, 5.41) is 2.84. The Hall–Kier alpha value is -1.32. The largest absolute Gasteiger partial charge is 0.322 e. The monoisotopic (exact) mass is 323 g/mol. The molecule has 0 bridgehead atoms. The van der Waals surface area contributed by atoms with Gasteiger partial charge in [-0.3, -0.25) is 4.79 Å². The van der Waals surface area contributed by atoms with Crippen LogP contribution in [0.1, 0.15) is 15.9 Å². The average Bonchev–Trinajstić information content (AvgIpc) is 2.39. The summed E-state index contributed by atoms with van der Waals surface area (Å²) in [4.78, 5) is 12.0. The SMILES string of the molecule is O=C(Nc1cccc(CCl)c1)c1cccc(Br)c1. The lowest BCUT2D eigenvalue weighted by atomic mass is 10.2. The molecule has 2 aromatic carbocycles. The van der Waals surface area contributed by atoms with Crippen molar-refractivity contribution in [2.75, 3.05) is 5.32 Å². The van der Waals surface area contributed by atoms with Gasteiger partial charge >= 0.3 is 0 Å². The van der Waals surface area contributed by atoms with E-state index in [1.165, 1.54) is 0 Å². The van der Waals surface area contributed by atoms with E-state index in [1.54, 1.807) is 12.1 Å². The van der Waals surface area contributed by atoms with Crippen molar-refractivity contribution < 1.29 is 4.79 Å². The van der Waals surface area contributed by atoms with E-state index in [1.807, 2.05) is 36.4 Å². The number of hydrogen-bond acceptors (Lipinski definition) is 1. The molecule has 92 valence electrons. The number of benzene rings is 2. The number of amides is 1. The van der Waals surface area contributed by atoms with Gasteiger partial charge in [-0.15, -0.1) is 11.6 Å². The predicted molar refractivity (Wildman–Crippen MR) is 78.1 cm³/mol. The van der Waals surface area contributed by atoms with Crippen LogP contribution in [-0.4, -0.2) is 5.91 Å². The minimum Gasteiger partial charge on any atom is -0.322 e. The lowest BCUT2D eigenvalue weighted by molar-refractivity contribution is 0.102. The van der Waals surface area contributed by atoms with Gasteiger partial charge in [-0.05, 0) is 35.9 Å². The van der Waals surface area contributed by atoms with E-state index in [2.05, 4.69) is 21.2 Å². The maximum absolute atomic E-state index is 12.0. The first kappa shape index (κ1) is 13.1. The van der Waals surface area contributed by atoms with Crippen LogP contribution in [0.25, 0.3) is 0 Å². The molecule has 2 nitrogen and oxygen atoms in total. The molecule has 0 aromatic heterocycles. The van der Waals surface area contributed by atoms with E-state index < -0.39 is 0 Å². The van der Waals surface area contributed by atoms with Gasteiger partial charge in [-0.2, -0.15) is 0 Å². The summed E-state index contributed by atoms with van der Waals surface area (Å²) in [7, 11) is 0. The third kappa shape index (κ3) is 3.34. The van der Waals surface area contributed by atoms with Gasteiger partial charge in [0, 0.05) is 21.6 Å². The number of rotatable bonds is 3. The Morgan fingerprint density at radius 3 is 2.67 bits per heavy atom. The van der Waals surface area contributed by atoms with Crippen LogP contribution in [0.5, 0.6) is 0 Å². The standard InChI is InChI=1S/C14H11BrClNO/c15-12-5-2-4-11(8-12)14(18)17-13-6-1-3-10(7-13)9-16/h1-8H,9H2,(H,17,18). The molecule has 0 aliphatic heterocycles. The molecule has 1 N–H and O–H groups in total. The number of nitrogens with one attached hydrogen (secondary N) is 1. The van der Waals surface area contributed by atoms with Gasteiger partial charge in [0.2, 0.25) is 0 Å². The molecule has 0 saturated heterocycles. The highest BCUT2D eigenvalue weighted by molar-refractivity contribution is 9.10. The molecule has 0 unspecified atom stereocenters. The average molecular weight is 325 g/mol. The van der Waals surface area contributed by atoms with Crippen molar-refractivity contribution in [1.29, 1.82) is 0 Å². The Labute approximate surface area is 119 Å². The molecule has 4 heteroatoms. The fraction of sp³-hybridized carbons (Fsp3) is 0.0714. The summed E-state index contributed by atoms with van der Waals surface area (Å²) >= 11 is 9.10. The zero-order chi connectivity index (χ0) is 13.0. The van der Waals surface area contributed by atoms with E-state index >= 15 is 0 Å². The van der Waals surface area contributed by atoms with E-state index in [9.17, 15) is 4.79 Å². The molecule has 18 heavy (non-hydrogen) atoms. The number of carbonyl (C=O) groups is 1. The van der Waals surface area contributed by atoms with Crippen molar-refractivity contribution in [3.8, 4) is 0 Å². The number of halogens is 2. The lowest BCUT2D eigenvalue weighted by Gasteiger charge is -2.06. The number of hydrogen-bond donors (Lipinski definition) is 1. The minimum atomic E-state index is -0.136. The maximum Gasteiger partial charge on any atom is 0.255 e. The van der Waals surface area contributed by atoms with Crippen LogP contribution in [0.4, 0.5) is 5.69 Å². The van der Waals surface area contributed by atoms with Crippen LogP contribution < -0.4 is 5.32 Å².